The molecule has 1 aliphatic carbocycles. The maximum Gasteiger partial charge on any atom is 0.0327 e. The first-order valence-electron chi connectivity index (χ1n) is 4.22. The maximum absolute atomic E-state index is 3.53. The highest BCUT2D eigenvalue weighted by Crippen LogP contribution is 2.30. The topological polar surface area (TPSA) is 12.0 Å². The fraction of sp³-hybridized carbons (Fsp3) is 0.556. The molecule has 0 radical (unpaired) electrons. The minimum Gasteiger partial charge on any atom is -0.309 e. The summed E-state index contributed by atoms with van der Waals surface area (Å²) in [5.74, 6) is 0.892. The Balaban J connectivity index is 1.84. The Morgan fingerprint density at radius 1 is 1.75 bits per heavy atom. The smallest absolute Gasteiger partial charge is 0.0327 e. The Bertz CT molecular complexity index is 271. The van der Waals surface area contributed by atoms with Gasteiger partial charge < -0.3 is 5.32 Å². The zero-order chi connectivity index (χ0) is 8.55. The van der Waals surface area contributed by atoms with Gasteiger partial charge in [-0.3, -0.25) is 0 Å². The number of rotatable bonds is 3. The van der Waals surface area contributed by atoms with Crippen molar-refractivity contribution in [3.05, 3.63) is 20.8 Å². The number of hydrogen-bond acceptors (Lipinski definition) is 2. The van der Waals surface area contributed by atoms with Crippen LogP contribution in [0.1, 0.15) is 18.2 Å². The molecule has 3 heteroatoms. The summed E-state index contributed by atoms with van der Waals surface area (Å²) in [5, 5.41) is 5.65. The number of hydrogen-bond donors (Lipinski definition) is 1. The molecule has 0 amide bonds. The van der Waals surface area contributed by atoms with Gasteiger partial charge in [-0.15, -0.1) is 11.3 Å². The minimum atomic E-state index is 0.777. The Hall–Kier alpha value is 0.140. The van der Waals surface area contributed by atoms with Crippen LogP contribution in [0.3, 0.4) is 0 Å². The van der Waals surface area contributed by atoms with Crippen molar-refractivity contribution in [2.24, 2.45) is 5.92 Å². The molecule has 1 fully saturated rings. The van der Waals surface area contributed by atoms with Crippen molar-refractivity contribution in [1.29, 1.82) is 0 Å². The molecule has 2 rings (SSSR count). The molecule has 1 saturated carbocycles. The van der Waals surface area contributed by atoms with Gasteiger partial charge in [-0.25, -0.2) is 0 Å². The van der Waals surface area contributed by atoms with Crippen LogP contribution in [0.2, 0.25) is 0 Å². The van der Waals surface area contributed by atoms with Gasteiger partial charge in [-0.2, -0.15) is 0 Å². The Labute approximate surface area is 85.3 Å². The summed E-state index contributed by atoms with van der Waals surface area (Å²) in [6.07, 6.45) is 1.35. The summed E-state index contributed by atoms with van der Waals surface area (Å²) in [7, 11) is 0. The zero-order valence-electron chi connectivity index (χ0n) is 7.01. The highest BCUT2D eigenvalue weighted by Gasteiger charge is 2.31. The number of thiophene rings is 1. The van der Waals surface area contributed by atoms with E-state index in [4.69, 9.17) is 0 Å². The van der Waals surface area contributed by atoms with E-state index in [1.807, 2.05) is 11.3 Å². The fourth-order valence-electron chi connectivity index (χ4n) is 1.28. The molecule has 0 aromatic carbocycles. The van der Waals surface area contributed by atoms with Gasteiger partial charge in [0.05, 0.1) is 0 Å². The second-order valence-electron chi connectivity index (χ2n) is 3.39. The van der Waals surface area contributed by atoms with Crippen LogP contribution in [0.25, 0.3) is 0 Å². The summed E-state index contributed by atoms with van der Waals surface area (Å²) < 4.78 is 1.24. The first-order chi connectivity index (χ1) is 5.77. The molecular formula is C9H12BrNS. The van der Waals surface area contributed by atoms with Gasteiger partial charge in [0.15, 0.2) is 0 Å². The Morgan fingerprint density at radius 3 is 3.00 bits per heavy atom. The van der Waals surface area contributed by atoms with Crippen LogP contribution in [0.15, 0.2) is 15.9 Å². The maximum atomic E-state index is 3.53. The van der Waals surface area contributed by atoms with Crippen LogP contribution >= 0.6 is 27.3 Å². The van der Waals surface area contributed by atoms with Crippen molar-refractivity contribution in [3.63, 3.8) is 0 Å². The quantitative estimate of drug-likeness (QED) is 0.864. The summed E-state index contributed by atoms with van der Waals surface area (Å²) in [4.78, 5) is 1.41. The second kappa shape index (κ2) is 3.48. The Morgan fingerprint density at radius 2 is 2.50 bits per heavy atom. The van der Waals surface area contributed by atoms with Crippen molar-refractivity contribution in [2.75, 3.05) is 0 Å². The lowest BCUT2D eigenvalue weighted by Gasteiger charge is -2.00. The van der Waals surface area contributed by atoms with E-state index >= 15 is 0 Å². The van der Waals surface area contributed by atoms with E-state index in [0.29, 0.717) is 0 Å². The van der Waals surface area contributed by atoms with Crippen LogP contribution in [-0.4, -0.2) is 6.04 Å². The molecule has 0 aliphatic heterocycles. The third-order valence-electron chi connectivity index (χ3n) is 2.33. The molecule has 1 aromatic heterocycles. The summed E-state index contributed by atoms with van der Waals surface area (Å²) >= 11 is 5.33. The fourth-order valence-corrected chi connectivity index (χ4v) is 2.72. The molecule has 66 valence electrons. The molecule has 0 saturated heterocycles. The molecule has 1 N–H and O–H groups in total. The summed E-state index contributed by atoms with van der Waals surface area (Å²) in [6.45, 7) is 3.31. The van der Waals surface area contributed by atoms with Gasteiger partial charge in [0.2, 0.25) is 0 Å². The first-order valence-corrected chi connectivity index (χ1v) is 5.90. The van der Waals surface area contributed by atoms with Crippen LogP contribution in [-0.2, 0) is 6.54 Å². The van der Waals surface area contributed by atoms with Crippen LogP contribution < -0.4 is 5.32 Å². The monoisotopic (exact) mass is 245 g/mol. The lowest BCUT2D eigenvalue weighted by Crippen LogP contribution is -2.16. The molecule has 1 nitrogen and oxygen atoms in total. The largest absolute Gasteiger partial charge is 0.309 e. The van der Waals surface area contributed by atoms with Crippen LogP contribution in [0.4, 0.5) is 0 Å². The molecule has 2 atom stereocenters. The molecule has 1 heterocycles. The molecule has 0 spiro atoms. The third kappa shape index (κ3) is 1.90. The molecule has 2 unspecified atom stereocenters. The molecular weight excluding hydrogens is 234 g/mol. The van der Waals surface area contributed by atoms with E-state index in [0.717, 1.165) is 18.5 Å². The second-order valence-corrected chi connectivity index (χ2v) is 5.25. The lowest BCUT2D eigenvalue weighted by molar-refractivity contribution is 0.657. The average Bonchev–Trinajstić information content (AvgIpc) is 2.57. The van der Waals surface area contributed by atoms with E-state index in [1.54, 1.807) is 0 Å². The third-order valence-corrected chi connectivity index (χ3v) is 4.25. The highest BCUT2D eigenvalue weighted by molar-refractivity contribution is 9.10. The van der Waals surface area contributed by atoms with E-state index in [-0.39, 0.29) is 0 Å². The predicted octanol–water partition coefficient (Wildman–Crippen LogP) is 3.01. The molecule has 1 aliphatic rings. The van der Waals surface area contributed by atoms with Crippen molar-refractivity contribution < 1.29 is 0 Å². The van der Waals surface area contributed by atoms with Gasteiger partial charge in [0.1, 0.15) is 0 Å². The molecule has 1 aromatic rings. The van der Waals surface area contributed by atoms with Crippen molar-refractivity contribution in [3.8, 4) is 0 Å². The van der Waals surface area contributed by atoms with E-state index in [2.05, 4.69) is 39.6 Å². The number of halogens is 1. The number of nitrogens with one attached hydrogen (secondary N) is 1. The van der Waals surface area contributed by atoms with Crippen molar-refractivity contribution in [1.82, 2.24) is 5.32 Å². The average molecular weight is 246 g/mol. The van der Waals surface area contributed by atoms with Gasteiger partial charge in [0.25, 0.3) is 0 Å². The minimum absolute atomic E-state index is 0.777. The van der Waals surface area contributed by atoms with Crippen molar-refractivity contribution >= 4 is 27.3 Å². The molecule has 12 heavy (non-hydrogen) atoms. The molecule has 0 bridgehead atoms. The van der Waals surface area contributed by atoms with Crippen LogP contribution in [0, 0.1) is 5.92 Å². The standard InChI is InChI=1S/C9H12BrNS/c1-6-4-8(6)11-5-9-7(10)2-3-12-9/h2-3,6,8,11H,4-5H2,1H3. The summed E-state index contributed by atoms with van der Waals surface area (Å²) in [6, 6.07) is 2.89. The van der Waals surface area contributed by atoms with Gasteiger partial charge >= 0.3 is 0 Å². The zero-order valence-corrected chi connectivity index (χ0v) is 9.41. The van der Waals surface area contributed by atoms with Crippen LogP contribution in [0.5, 0.6) is 0 Å². The van der Waals surface area contributed by atoms with Gasteiger partial charge in [-0.05, 0) is 39.7 Å². The van der Waals surface area contributed by atoms with E-state index in [9.17, 15) is 0 Å². The first kappa shape index (κ1) is 8.73. The predicted molar refractivity (Wildman–Crippen MR) is 56.4 cm³/mol. The van der Waals surface area contributed by atoms with E-state index < -0.39 is 0 Å². The normalized spacial score (nSPS) is 27.5. The Kier molecular flexibility index (Phi) is 2.53. The highest BCUT2D eigenvalue weighted by atomic mass is 79.9. The van der Waals surface area contributed by atoms with Gasteiger partial charge in [0, 0.05) is 21.9 Å². The lowest BCUT2D eigenvalue weighted by atomic mass is 10.4. The summed E-state index contributed by atoms with van der Waals surface area (Å²) in [5.41, 5.74) is 0. The SMILES string of the molecule is CC1CC1NCc1sccc1Br. The van der Waals surface area contributed by atoms with E-state index in [1.165, 1.54) is 15.8 Å². The van der Waals surface area contributed by atoms with Crippen molar-refractivity contribution in [2.45, 2.75) is 25.9 Å². The van der Waals surface area contributed by atoms with Gasteiger partial charge in [-0.1, -0.05) is 6.92 Å².